The number of hydrogen-bond acceptors (Lipinski definition) is 2. The van der Waals surface area contributed by atoms with Crippen LogP contribution in [0.25, 0.3) is 5.57 Å². The molecular formula is C18H20O2. The first-order valence-electron chi connectivity index (χ1n) is 7.35. The van der Waals surface area contributed by atoms with Crippen LogP contribution in [0.3, 0.4) is 0 Å². The molecule has 1 saturated carbocycles. The molecule has 4 rings (SSSR count). The molecule has 0 saturated heterocycles. The second-order valence-corrected chi connectivity index (χ2v) is 6.20. The van der Waals surface area contributed by atoms with Gasteiger partial charge in [-0.2, -0.15) is 0 Å². The van der Waals surface area contributed by atoms with Crippen LogP contribution in [0.1, 0.15) is 18.9 Å². The van der Waals surface area contributed by atoms with Gasteiger partial charge < -0.3 is 9.47 Å². The van der Waals surface area contributed by atoms with Gasteiger partial charge in [0.05, 0.1) is 14.2 Å². The highest BCUT2D eigenvalue weighted by Crippen LogP contribution is 2.63. The molecule has 0 heterocycles. The summed E-state index contributed by atoms with van der Waals surface area (Å²) in [6.45, 7) is 2.30. The molecule has 2 bridgehead atoms. The van der Waals surface area contributed by atoms with Gasteiger partial charge in [-0.15, -0.1) is 0 Å². The van der Waals surface area contributed by atoms with Gasteiger partial charge in [0.2, 0.25) is 0 Å². The van der Waals surface area contributed by atoms with Gasteiger partial charge in [0, 0.05) is 6.07 Å². The minimum Gasteiger partial charge on any atom is -0.497 e. The molecule has 20 heavy (non-hydrogen) atoms. The Morgan fingerprint density at radius 3 is 2.10 bits per heavy atom. The zero-order valence-electron chi connectivity index (χ0n) is 12.2. The first-order chi connectivity index (χ1) is 9.72. The van der Waals surface area contributed by atoms with Crippen molar-refractivity contribution in [2.24, 2.45) is 23.7 Å². The maximum atomic E-state index is 5.41. The highest BCUT2D eigenvalue weighted by atomic mass is 16.5. The number of hydrogen-bond donors (Lipinski definition) is 0. The van der Waals surface area contributed by atoms with Crippen molar-refractivity contribution in [3.05, 3.63) is 41.5 Å². The van der Waals surface area contributed by atoms with Crippen LogP contribution >= 0.6 is 0 Å². The molecule has 1 fully saturated rings. The van der Waals surface area contributed by atoms with Crippen molar-refractivity contribution in [3.8, 4) is 11.5 Å². The first kappa shape index (κ1) is 12.1. The zero-order chi connectivity index (χ0) is 13.9. The van der Waals surface area contributed by atoms with Crippen molar-refractivity contribution in [2.75, 3.05) is 14.2 Å². The normalized spacial score (nSPS) is 33.1. The lowest BCUT2D eigenvalue weighted by Crippen LogP contribution is -2.32. The largest absolute Gasteiger partial charge is 0.497 e. The summed E-state index contributed by atoms with van der Waals surface area (Å²) in [6.07, 6.45) is 6.20. The Kier molecular flexibility index (Phi) is 2.50. The molecule has 2 nitrogen and oxygen atoms in total. The molecule has 4 unspecified atom stereocenters. The summed E-state index contributed by atoms with van der Waals surface area (Å²) in [5, 5.41) is 0. The standard InChI is InChI=1S/C18H20O2/c1-10-16-11-4-5-12(6-11)18(16)17(10)13-7-14(19-2)9-15(8-13)20-3/h4-5,7-9,11-12,16,18H,6H2,1-3H3. The van der Waals surface area contributed by atoms with Crippen molar-refractivity contribution in [2.45, 2.75) is 13.3 Å². The van der Waals surface area contributed by atoms with Crippen LogP contribution in [0.15, 0.2) is 35.9 Å². The van der Waals surface area contributed by atoms with E-state index in [2.05, 4.69) is 31.2 Å². The third-order valence-electron chi connectivity index (χ3n) is 5.38. The molecule has 1 aromatic rings. The predicted molar refractivity (Wildman–Crippen MR) is 79.9 cm³/mol. The highest BCUT2D eigenvalue weighted by Gasteiger charge is 2.53. The monoisotopic (exact) mass is 268 g/mol. The highest BCUT2D eigenvalue weighted by molar-refractivity contribution is 5.80. The van der Waals surface area contributed by atoms with Crippen molar-refractivity contribution in [1.82, 2.24) is 0 Å². The Morgan fingerprint density at radius 2 is 1.50 bits per heavy atom. The molecular weight excluding hydrogens is 248 g/mol. The van der Waals surface area contributed by atoms with Gasteiger partial charge in [-0.3, -0.25) is 0 Å². The molecule has 0 spiro atoms. The van der Waals surface area contributed by atoms with E-state index in [1.54, 1.807) is 19.8 Å². The van der Waals surface area contributed by atoms with Gasteiger partial charge in [0.1, 0.15) is 11.5 Å². The van der Waals surface area contributed by atoms with Crippen LogP contribution in [0.4, 0.5) is 0 Å². The number of methoxy groups -OCH3 is 2. The Balaban J connectivity index is 1.77. The smallest absolute Gasteiger partial charge is 0.123 e. The molecule has 0 aliphatic heterocycles. The van der Waals surface area contributed by atoms with Crippen molar-refractivity contribution in [1.29, 1.82) is 0 Å². The van der Waals surface area contributed by atoms with Crippen molar-refractivity contribution >= 4 is 5.57 Å². The maximum absolute atomic E-state index is 5.41. The average molecular weight is 268 g/mol. The summed E-state index contributed by atoms with van der Waals surface area (Å²) in [4.78, 5) is 0. The quantitative estimate of drug-likeness (QED) is 0.773. The van der Waals surface area contributed by atoms with E-state index in [-0.39, 0.29) is 0 Å². The Bertz CT molecular complexity index is 604. The van der Waals surface area contributed by atoms with Crippen molar-refractivity contribution < 1.29 is 9.47 Å². The van der Waals surface area contributed by atoms with E-state index in [4.69, 9.17) is 9.47 Å². The number of fused-ring (bicyclic) bond motifs is 5. The second kappa shape index (κ2) is 4.15. The van der Waals surface area contributed by atoms with Crippen LogP contribution in [-0.2, 0) is 0 Å². The fraction of sp³-hybridized carbons (Fsp3) is 0.444. The van der Waals surface area contributed by atoms with Crippen LogP contribution in [0.5, 0.6) is 11.5 Å². The average Bonchev–Trinajstić information content (AvgIpc) is 3.04. The molecule has 0 aromatic heterocycles. The number of allylic oxidation sites excluding steroid dienone is 4. The van der Waals surface area contributed by atoms with E-state index in [1.165, 1.54) is 17.6 Å². The summed E-state index contributed by atoms with van der Waals surface area (Å²) in [5.74, 6) is 4.81. The van der Waals surface area contributed by atoms with Gasteiger partial charge >= 0.3 is 0 Å². The Hall–Kier alpha value is -1.70. The molecule has 1 aromatic carbocycles. The minimum absolute atomic E-state index is 0.724. The van der Waals surface area contributed by atoms with E-state index >= 15 is 0 Å². The molecule has 3 aliphatic rings. The molecule has 0 radical (unpaired) electrons. The fourth-order valence-electron chi connectivity index (χ4n) is 4.54. The molecule has 0 N–H and O–H groups in total. The number of benzene rings is 1. The summed E-state index contributed by atoms with van der Waals surface area (Å²) in [6, 6.07) is 6.23. The summed E-state index contributed by atoms with van der Waals surface area (Å²) < 4.78 is 10.8. The molecule has 104 valence electrons. The van der Waals surface area contributed by atoms with E-state index in [0.29, 0.717) is 0 Å². The first-order valence-corrected chi connectivity index (χ1v) is 7.35. The lowest BCUT2D eigenvalue weighted by atomic mass is 9.62. The number of ether oxygens (including phenoxy) is 2. The van der Waals surface area contributed by atoms with Gasteiger partial charge in [-0.1, -0.05) is 17.7 Å². The van der Waals surface area contributed by atoms with Crippen LogP contribution < -0.4 is 9.47 Å². The molecule has 0 amide bonds. The van der Waals surface area contributed by atoms with Crippen LogP contribution in [0.2, 0.25) is 0 Å². The lowest BCUT2D eigenvalue weighted by molar-refractivity contribution is 0.385. The second-order valence-electron chi connectivity index (χ2n) is 6.20. The summed E-state index contributed by atoms with van der Waals surface area (Å²) >= 11 is 0. The third-order valence-corrected chi connectivity index (χ3v) is 5.38. The topological polar surface area (TPSA) is 18.5 Å². The fourth-order valence-corrected chi connectivity index (χ4v) is 4.54. The van der Waals surface area contributed by atoms with E-state index in [0.717, 1.165) is 35.2 Å². The lowest BCUT2D eigenvalue weighted by Gasteiger charge is -2.42. The SMILES string of the molecule is COc1cc(OC)cc(C2=C(C)C3C4C=CC(C4)C23)c1. The van der Waals surface area contributed by atoms with E-state index < -0.39 is 0 Å². The predicted octanol–water partition coefficient (Wildman–Crippen LogP) is 3.93. The van der Waals surface area contributed by atoms with Crippen LogP contribution in [0, 0.1) is 23.7 Å². The Morgan fingerprint density at radius 1 is 0.900 bits per heavy atom. The van der Waals surface area contributed by atoms with E-state index in [9.17, 15) is 0 Å². The van der Waals surface area contributed by atoms with Crippen molar-refractivity contribution in [3.63, 3.8) is 0 Å². The molecule has 3 aliphatic carbocycles. The third kappa shape index (κ3) is 1.45. The summed E-state index contributed by atoms with van der Waals surface area (Å²) in [5.41, 5.74) is 4.38. The Labute approximate surface area is 120 Å². The van der Waals surface area contributed by atoms with Gasteiger partial charge in [0.15, 0.2) is 0 Å². The van der Waals surface area contributed by atoms with Crippen LogP contribution in [-0.4, -0.2) is 14.2 Å². The number of rotatable bonds is 3. The minimum atomic E-state index is 0.724. The zero-order valence-corrected chi connectivity index (χ0v) is 12.2. The molecule has 4 atom stereocenters. The van der Waals surface area contributed by atoms with Gasteiger partial charge in [-0.05, 0) is 60.3 Å². The van der Waals surface area contributed by atoms with E-state index in [1.807, 2.05) is 6.07 Å². The van der Waals surface area contributed by atoms with Gasteiger partial charge in [-0.25, -0.2) is 0 Å². The van der Waals surface area contributed by atoms with Gasteiger partial charge in [0.25, 0.3) is 0 Å². The summed E-state index contributed by atoms with van der Waals surface area (Å²) in [7, 11) is 3.42. The molecule has 2 heteroatoms. The maximum Gasteiger partial charge on any atom is 0.123 e.